The van der Waals surface area contributed by atoms with Crippen molar-refractivity contribution in [1.29, 1.82) is 0 Å². The molecule has 0 unspecified atom stereocenters. The summed E-state index contributed by atoms with van der Waals surface area (Å²) in [5, 5.41) is 11.4. The first-order valence-electron chi connectivity index (χ1n) is 16.0. The molecule has 0 bridgehead atoms. The number of ether oxygens (including phenoxy) is 1. The molecule has 0 aliphatic rings. The predicted octanol–water partition coefficient (Wildman–Crippen LogP) is 0.484. The zero-order chi connectivity index (χ0) is 35.5. The molecular formula is C33H50N10O5. The Kier molecular flexibility index (Phi) is 16.9. The molecule has 0 heterocycles. The van der Waals surface area contributed by atoms with E-state index in [9.17, 15) is 19.2 Å². The van der Waals surface area contributed by atoms with Crippen LogP contribution in [0.1, 0.15) is 52.0 Å². The molecule has 0 spiro atoms. The van der Waals surface area contributed by atoms with Crippen LogP contribution in [0.4, 0.5) is 5.69 Å². The Morgan fingerprint density at radius 1 is 0.750 bits per heavy atom. The number of amides is 3. The van der Waals surface area contributed by atoms with Gasteiger partial charge in [-0.2, -0.15) is 0 Å². The zero-order valence-corrected chi connectivity index (χ0v) is 27.9. The minimum Gasteiger partial charge on any atom is -0.426 e. The zero-order valence-electron chi connectivity index (χ0n) is 27.9. The van der Waals surface area contributed by atoms with Crippen molar-refractivity contribution in [2.45, 2.75) is 71.0 Å². The van der Waals surface area contributed by atoms with Gasteiger partial charge in [0.05, 0.1) is 12.6 Å². The fourth-order valence-corrected chi connectivity index (χ4v) is 4.57. The number of carbonyl (C=O) groups is 4. The number of para-hydroxylation sites is 1. The number of rotatable bonds is 20. The molecule has 2 rings (SSSR count). The lowest BCUT2D eigenvalue weighted by Crippen LogP contribution is -2.57. The molecule has 0 aliphatic carbocycles. The molecule has 2 aromatic rings. The minimum absolute atomic E-state index is 0.0755. The van der Waals surface area contributed by atoms with E-state index < -0.39 is 41.8 Å². The molecule has 3 amide bonds. The van der Waals surface area contributed by atoms with Crippen molar-refractivity contribution < 1.29 is 23.9 Å². The van der Waals surface area contributed by atoms with E-state index in [0.717, 1.165) is 12.0 Å². The first kappa shape index (κ1) is 39.0. The molecule has 0 saturated heterocycles. The third-order valence-electron chi connectivity index (χ3n) is 7.18. The van der Waals surface area contributed by atoms with Crippen molar-refractivity contribution in [3.05, 3.63) is 60.2 Å². The highest BCUT2D eigenvalue weighted by Gasteiger charge is 2.31. The quantitative estimate of drug-likeness (QED) is 0.0319. The lowest BCUT2D eigenvalue weighted by molar-refractivity contribution is -0.134. The maximum atomic E-state index is 13.6. The number of aliphatic imine (C=N–C) groups is 2. The Bertz CT molecular complexity index is 1370. The highest BCUT2D eigenvalue weighted by Crippen LogP contribution is 2.13. The van der Waals surface area contributed by atoms with Crippen LogP contribution >= 0.6 is 0 Å². The lowest BCUT2D eigenvalue weighted by Gasteiger charge is -2.27. The van der Waals surface area contributed by atoms with Crippen LogP contribution in [0.2, 0.25) is 0 Å². The van der Waals surface area contributed by atoms with Crippen molar-refractivity contribution in [2.75, 3.05) is 25.0 Å². The number of guanidine groups is 2. The topological polar surface area (TPSA) is 254 Å². The van der Waals surface area contributed by atoms with E-state index in [1.54, 1.807) is 56.3 Å². The van der Waals surface area contributed by atoms with Crippen LogP contribution in [0.25, 0.3) is 0 Å². The first-order chi connectivity index (χ1) is 22.9. The van der Waals surface area contributed by atoms with Crippen LogP contribution in [-0.4, -0.2) is 73.4 Å². The second kappa shape index (κ2) is 20.8. The number of hydrogen-bond acceptors (Lipinski definition) is 8. The average Bonchev–Trinajstić information content (AvgIpc) is 3.04. The van der Waals surface area contributed by atoms with Gasteiger partial charge in [-0.25, -0.2) is 0 Å². The van der Waals surface area contributed by atoms with Crippen molar-refractivity contribution in [3.8, 4) is 5.75 Å². The van der Waals surface area contributed by atoms with Gasteiger partial charge in [0.2, 0.25) is 17.7 Å². The number of nitrogens with zero attached hydrogens (tertiary/aromatic N) is 2. The van der Waals surface area contributed by atoms with Gasteiger partial charge < -0.3 is 43.6 Å². The lowest BCUT2D eigenvalue weighted by atomic mass is 10.0. The summed E-state index contributed by atoms with van der Waals surface area (Å²) in [6.07, 6.45) is 2.15. The molecule has 15 nitrogen and oxygen atoms in total. The van der Waals surface area contributed by atoms with Gasteiger partial charge in [0.1, 0.15) is 17.8 Å². The third-order valence-corrected chi connectivity index (χ3v) is 7.18. The maximum absolute atomic E-state index is 13.6. The summed E-state index contributed by atoms with van der Waals surface area (Å²) in [6, 6.07) is 13.1. The van der Waals surface area contributed by atoms with Crippen LogP contribution < -0.4 is 48.9 Å². The predicted molar refractivity (Wildman–Crippen MR) is 187 cm³/mol. The molecule has 3 atom stereocenters. The summed E-state index contributed by atoms with van der Waals surface area (Å²) in [6.45, 7) is 5.82. The van der Waals surface area contributed by atoms with Crippen molar-refractivity contribution in [3.63, 3.8) is 0 Å². The summed E-state index contributed by atoms with van der Waals surface area (Å²) >= 11 is 0. The second-order valence-corrected chi connectivity index (χ2v) is 11.4. The van der Waals surface area contributed by atoms with Gasteiger partial charge in [-0.15, -0.1) is 0 Å². The Morgan fingerprint density at radius 3 is 1.88 bits per heavy atom. The Balaban J connectivity index is 2.16. The van der Waals surface area contributed by atoms with E-state index in [4.69, 9.17) is 27.7 Å². The monoisotopic (exact) mass is 666 g/mol. The molecule has 0 saturated carbocycles. The molecule has 2 aromatic carbocycles. The fourth-order valence-electron chi connectivity index (χ4n) is 4.57. The summed E-state index contributed by atoms with van der Waals surface area (Å²) in [5.74, 6) is -2.25. The molecule has 48 heavy (non-hydrogen) atoms. The molecule has 12 N–H and O–H groups in total. The van der Waals surface area contributed by atoms with Gasteiger partial charge in [0, 0.05) is 18.8 Å². The molecule has 0 aromatic heterocycles. The second-order valence-electron chi connectivity index (χ2n) is 11.4. The van der Waals surface area contributed by atoms with Gasteiger partial charge in [-0.05, 0) is 67.9 Å². The number of anilines is 1. The van der Waals surface area contributed by atoms with Gasteiger partial charge >= 0.3 is 5.97 Å². The number of nitrogens with two attached hydrogens (primary N) is 4. The van der Waals surface area contributed by atoms with Gasteiger partial charge in [0.15, 0.2) is 11.9 Å². The van der Waals surface area contributed by atoms with E-state index >= 15 is 0 Å². The normalized spacial score (nSPS) is 12.6. The summed E-state index contributed by atoms with van der Waals surface area (Å²) < 4.78 is 5.32. The maximum Gasteiger partial charge on any atom is 0.325 e. The van der Waals surface area contributed by atoms with Crippen molar-refractivity contribution >= 4 is 41.3 Å². The number of aryl methyl sites for hydroxylation is 1. The van der Waals surface area contributed by atoms with Crippen LogP contribution in [0.15, 0.2) is 64.6 Å². The van der Waals surface area contributed by atoms with E-state index in [1.807, 2.05) is 19.1 Å². The van der Waals surface area contributed by atoms with E-state index in [2.05, 4.69) is 31.3 Å². The van der Waals surface area contributed by atoms with Crippen LogP contribution in [-0.2, 0) is 25.6 Å². The summed E-state index contributed by atoms with van der Waals surface area (Å²) in [4.78, 5) is 60.9. The van der Waals surface area contributed by atoms with Crippen LogP contribution in [0.3, 0.4) is 0 Å². The number of benzene rings is 2. The molecule has 262 valence electrons. The smallest absolute Gasteiger partial charge is 0.325 e. The Labute approximate surface area is 281 Å². The number of esters is 1. The van der Waals surface area contributed by atoms with Crippen LogP contribution in [0.5, 0.6) is 5.75 Å². The number of nitrogens with one attached hydrogen (secondary N) is 4. The van der Waals surface area contributed by atoms with Crippen molar-refractivity contribution in [2.24, 2.45) is 38.8 Å². The van der Waals surface area contributed by atoms with Gasteiger partial charge in [-0.3, -0.25) is 34.5 Å². The summed E-state index contributed by atoms with van der Waals surface area (Å²) in [7, 11) is 0. The molecule has 0 aliphatic heterocycles. The van der Waals surface area contributed by atoms with E-state index in [0.29, 0.717) is 24.3 Å². The third kappa shape index (κ3) is 14.9. The fraction of sp³-hybridized carbons (Fsp3) is 0.455. The Hall–Kier alpha value is -5.18. The first-order valence-corrected chi connectivity index (χ1v) is 16.0. The van der Waals surface area contributed by atoms with Gasteiger partial charge in [-0.1, -0.05) is 51.1 Å². The Morgan fingerprint density at radius 2 is 1.33 bits per heavy atom. The van der Waals surface area contributed by atoms with E-state index in [1.165, 1.54) is 0 Å². The van der Waals surface area contributed by atoms with Crippen LogP contribution in [0, 0.1) is 5.92 Å². The summed E-state index contributed by atoms with van der Waals surface area (Å²) in [5.41, 5.74) is 23.4. The molecule has 0 radical (unpaired) electrons. The van der Waals surface area contributed by atoms with E-state index in [-0.39, 0.29) is 50.3 Å². The largest absolute Gasteiger partial charge is 0.426 e. The number of carbonyl (C=O) groups excluding carboxylic acids is 4. The number of hydrogen-bond donors (Lipinski definition) is 8. The standard InChI is InChI=1S/C33H50N10O5/c1-4-22-14-16-23(17-15-22)41-30(46)26(13-9-19-39-33(36)37)42-31(47)28(21(2)3)43-29(45)25(12-8-18-38-32(34)35)40-20-27(44)48-24-10-6-5-7-11-24/h5-7,10-11,14-17,21,25-26,28,40H,4,8-9,12-13,18-20H2,1-3H3,(H,41,46)(H,42,47)(H,43,45)(H4,34,35,38)(H4,36,37,39)/t25-,26-,28-/m0/s1. The molecule has 15 heteroatoms. The molecular weight excluding hydrogens is 616 g/mol. The molecule has 0 fully saturated rings. The highest BCUT2D eigenvalue weighted by molar-refractivity contribution is 5.98. The SMILES string of the molecule is CCc1ccc(NC(=O)[C@H](CCCN=C(N)N)NC(=O)[C@@H](NC(=O)[C@H](CCCN=C(N)N)NCC(=O)Oc2ccccc2)C(C)C)cc1. The highest BCUT2D eigenvalue weighted by atomic mass is 16.5. The minimum atomic E-state index is -1.01. The van der Waals surface area contributed by atoms with Crippen molar-refractivity contribution in [1.82, 2.24) is 16.0 Å². The van der Waals surface area contributed by atoms with Gasteiger partial charge in [0.25, 0.3) is 0 Å². The average molecular weight is 667 g/mol.